The van der Waals surface area contributed by atoms with Gasteiger partial charge in [0.2, 0.25) is 0 Å². The minimum absolute atomic E-state index is 0.0863. The maximum absolute atomic E-state index is 13.2. The Hall–Kier alpha value is -1.49. The first-order valence-corrected chi connectivity index (χ1v) is 4.15. The molecule has 0 atom stereocenters. The number of nitrogens with zero attached hydrogens (tertiary/aromatic N) is 1. The number of H-pyrrole nitrogens is 1. The van der Waals surface area contributed by atoms with Crippen LogP contribution in [0.25, 0.3) is 11.0 Å². The number of fused-ring (bicyclic) bond motifs is 1. The zero-order valence-electron chi connectivity index (χ0n) is 7.30. The molecule has 3 nitrogen and oxygen atoms in total. The van der Waals surface area contributed by atoms with Crippen LogP contribution in [-0.2, 0) is 5.92 Å². The Bertz CT molecular complexity index is 450. The van der Waals surface area contributed by atoms with Crippen LogP contribution in [0, 0.1) is 0 Å². The maximum Gasteiger partial charge on any atom is 0.285 e. The minimum Gasteiger partial charge on any atom is -0.345 e. The van der Waals surface area contributed by atoms with Crippen LogP contribution < -0.4 is 5.73 Å². The SMILES string of the molecule is NCC(F)(F)c1ccc2nc[nH]c2c1. The van der Waals surface area contributed by atoms with Crippen LogP contribution in [0.1, 0.15) is 5.56 Å². The van der Waals surface area contributed by atoms with Crippen molar-refractivity contribution in [2.24, 2.45) is 5.73 Å². The van der Waals surface area contributed by atoms with Gasteiger partial charge in [-0.2, -0.15) is 8.78 Å². The zero-order valence-corrected chi connectivity index (χ0v) is 7.30. The molecule has 0 bridgehead atoms. The van der Waals surface area contributed by atoms with Crippen LogP contribution in [0.4, 0.5) is 8.78 Å². The molecule has 5 heteroatoms. The third kappa shape index (κ3) is 1.35. The average Bonchev–Trinajstić information content (AvgIpc) is 2.64. The van der Waals surface area contributed by atoms with E-state index in [9.17, 15) is 8.78 Å². The Labute approximate surface area is 78.9 Å². The second-order valence-corrected chi connectivity index (χ2v) is 3.04. The van der Waals surface area contributed by atoms with Crippen LogP contribution in [0.5, 0.6) is 0 Å². The molecule has 0 radical (unpaired) electrons. The van der Waals surface area contributed by atoms with Gasteiger partial charge < -0.3 is 10.7 Å². The highest BCUT2D eigenvalue weighted by atomic mass is 19.3. The number of halogens is 2. The molecule has 0 unspecified atom stereocenters. The number of rotatable bonds is 2. The van der Waals surface area contributed by atoms with Crippen molar-refractivity contribution in [1.29, 1.82) is 0 Å². The van der Waals surface area contributed by atoms with E-state index < -0.39 is 12.5 Å². The van der Waals surface area contributed by atoms with Gasteiger partial charge in [0.15, 0.2) is 0 Å². The van der Waals surface area contributed by atoms with Crippen LogP contribution >= 0.6 is 0 Å². The lowest BCUT2D eigenvalue weighted by Crippen LogP contribution is -2.24. The van der Waals surface area contributed by atoms with Crippen LogP contribution in [0.2, 0.25) is 0 Å². The van der Waals surface area contributed by atoms with Crippen LogP contribution in [-0.4, -0.2) is 16.5 Å². The van der Waals surface area contributed by atoms with Gasteiger partial charge in [-0.1, -0.05) is 6.07 Å². The van der Waals surface area contributed by atoms with E-state index in [2.05, 4.69) is 9.97 Å². The number of hydrogen-bond acceptors (Lipinski definition) is 2. The Morgan fingerprint density at radius 2 is 2.21 bits per heavy atom. The number of aromatic nitrogens is 2. The molecule has 2 rings (SSSR count). The van der Waals surface area contributed by atoms with E-state index in [1.807, 2.05) is 0 Å². The molecule has 0 amide bonds. The van der Waals surface area contributed by atoms with Crippen LogP contribution in [0.3, 0.4) is 0 Å². The van der Waals surface area contributed by atoms with Crippen molar-refractivity contribution in [2.45, 2.75) is 5.92 Å². The van der Waals surface area contributed by atoms with E-state index >= 15 is 0 Å². The topological polar surface area (TPSA) is 54.7 Å². The maximum atomic E-state index is 13.2. The van der Waals surface area contributed by atoms with Crippen LogP contribution in [0.15, 0.2) is 24.5 Å². The van der Waals surface area contributed by atoms with Crippen molar-refractivity contribution >= 4 is 11.0 Å². The predicted molar refractivity (Wildman–Crippen MR) is 49.0 cm³/mol. The fraction of sp³-hybridized carbons (Fsp3) is 0.222. The zero-order chi connectivity index (χ0) is 10.2. The van der Waals surface area contributed by atoms with E-state index in [4.69, 9.17) is 5.73 Å². The van der Waals surface area contributed by atoms with E-state index in [1.54, 1.807) is 6.07 Å². The molecule has 1 aromatic carbocycles. The second kappa shape index (κ2) is 3.02. The van der Waals surface area contributed by atoms with Crippen molar-refractivity contribution in [3.05, 3.63) is 30.1 Å². The van der Waals surface area contributed by atoms with E-state index in [1.165, 1.54) is 18.5 Å². The van der Waals surface area contributed by atoms with Gasteiger partial charge in [0, 0.05) is 5.56 Å². The molecule has 14 heavy (non-hydrogen) atoms. The summed E-state index contributed by atoms with van der Waals surface area (Å²) in [7, 11) is 0. The lowest BCUT2D eigenvalue weighted by atomic mass is 10.1. The fourth-order valence-electron chi connectivity index (χ4n) is 1.28. The molecule has 0 saturated heterocycles. The monoisotopic (exact) mass is 197 g/mol. The highest BCUT2D eigenvalue weighted by molar-refractivity contribution is 5.75. The summed E-state index contributed by atoms with van der Waals surface area (Å²) >= 11 is 0. The Morgan fingerprint density at radius 1 is 1.43 bits per heavy atom. The molecule has 2 aromatic rings. The average molecular weight is 197 g/mol. The molecule has 0 spiro atoms. The summed E-state index contributed by atoms with van der Waals surface area (Å²) in [5.74, 6) is -2.97. The standard InChI is InChI=1S/C9H9F2N3/c10-9(11,4-12)6-1-2-7-8(3-6)14-5-13-7/h1-3,5H,4,12H2,(H,13,14). The molecular formula is C9H9F2N3. The number of nitrogens with two attached hydrogens (primary N) is 1. The van der Waals surface area contributed by atoms with Gasteiger partial charge in [-0.15, -0.1) is 0 Å². The summed E-state index contributed by atoms with van der Waals surface area (Å²) in [4.78, 5) is 6.71. The van der Waals surface area contributed by atoms with Gasteiger partial charge in [0.05, 0.1) is 23.9 Å². The minimum atomic E-state index is -2.97. The molecule has 0 saturated carbocycles. The van der Waals surface area contributed by atoms with Crippen molar-refractivity contribution in [3.8, 4) is 0 Å². The Kier molecular flexibility index (Phi) is 1.96. The molecule has 0 aliphatic heterocycles. The van der Waals surface area contributed by atoms with Crippen molar-refractivity contribution < 1.29 is 8.78 Å². The van der Waals surface area contributed by atoms with Crippen molar-refractivity contribution in [2.75, 3.05) is 6.54 Å². The molecule has 74 valence electrons. The lowest BCUT2D eigenvalue weighted by molar-refractivity contribution is 0.00607. The fourth-order valence-corrected chi connectivity index (χ4v) is 1.28. The summed E-state index contributed by atoms with van der Waals surface area (Å²) in [6, 6.07) is 4.26. The summed E-state index contributed by atoms with van der Waals surface area (Å²) in [6.45, 7) is -0.688. The third-order valence-corrected chi connectivity index (χ3v) is 2.10. The van der Waals surface area contributed by atoms with Gasteiger partial charge in [-0.05, 0) is 12.1 Å². The highest BCUT2D eigenvalue weighted by Gasteiger charge is 2.29. The van der Waals surface area contributed by atoms with Crippen molar-refractivity contribution in [1.82, 2.24) is 9.97 Å². The summed E-state index contributed by atoms with van der Waals surface area (Å²) in [6.07, 6.45) is 1.47. The summed E-state index contributed by atoms with van der Waals surface area (Å²) in [5.41, 5.74) is 6.16. The number of imidazole rings is 1. The summed E-state index contributed by atoms with van der Waals surface area (Å²) < 4.78 is 26.3. The first-order valence-electron chi connectivity index (χ1n) is 4.15. The molecule has 1 aromatic heterocycles. The second-order valence-electron chi connectivity index (χ2n) is 3.04. The smallest absolute Gasteiger partial charge is 0.285 e. The van der Waals surface area contributed by atoms with Gasteiger partial charge in [-0.25, -0.2) is 4.98 Å². The summed E-state index contributed by atoms with van der Waals surface area (Å²) in [5, 5.41) is 0. The number of benzene rings is 1. The molecule has 1 heterocycles. The van der Waals surface area contributed by atoms with Gasteiger partial charge in [-0.3, -0.25) is 0 Å². The third-order valence-electron chi connectivity index (χ3n) is 2.10. The number of alkyl halides is 2. The predicted octanol–water partition coefficient (Wildman–Crippen LogP) is 1.61. The molecule has 0 aliphatic rings. The molecular weight excluding hydrogens is 188 g/mol. The van der Waals surface area contributed by atoms with Gasteiger partial charge in [0.1, 0.15) is 0 Å². The van der Waals surface area contributed by atoms with Crippen molar-refractivity contribution in [3.63, 3.8) is 0 Å². The van der Waals surface area contributed by atoms with E-state index in [-0.39, 0.29) is 5.56 Å². The molecule has 0 fully saturated rings. The van der Waals surface area contributed by atoms with Gasteiger partial charge >= 0.3 is 0 Å². The molecule has 0 aliphatic carbocycles. The lowest BCUT2D eigenvalue weighted by Gasteiger charge is -2.13. The Morgan fingerprint density at radius 3 is 2.93 bits per heavy atom. The normalized spacial score (nSPS) is 12.2. The molecule has 3 N–H and O–H groups in total. The van der Waals surface area contributed by atoms with E-state index in [0.717, 1.165) is 0 Å². The largest absolute Gasteiger partial charge is 0.345 e. The number of nitrogens with one attached hydrogen (secondary N) is 1. The van der Waals surface area contributed by atoms with Gasteiger partial charge in [0.25, 0.3) is 5.92 Å². The first-order chi connectivity index (χ1) is 6.63. The number of hydrogen-bond donors (Lipinski definition) is 2. The Balaban J connectivity index is 2.53. The van der Waals surface area contributed by atoms with E-state index in [0.29, 0.717) is 11.0 Å². The highest BCUT2D eigenvalue weighted by Crippen LogP contribution is 2.28. The quantitative estimate of drug-likeness (QED) is 0.768. The number of aromatic amines is 1. The first kappa shape index (κ1) is 9.08.